The number of carbonyl (C=O) groups is 1. The number of hydrogen-bond acceptors (Lipinski definition) is 6. The van der Waals surface area contributed by atoms with E-state index in [0.29, 0.717) is 35.8 Å². The third-order valence-corrected chi connectivity index (χ3v) is 9.39. The molecule has 0 aromatic heterocycles. The molecule has 1 saturated carbocycles. The van der Waals surface area contributed by atoms with Gasteiger partial charge < -0.3 is 25.0 Å². The summed E-state index contributed by atoms with van der Waals surface area (Å²) in [5.41, 5.74) is 0.503. The minimum absolute atomic E-state index is 0.112. The Labute approximate surface area is 228 Å². The molecule has 4 aliphatic rings. The number of nitrogens with zero attached hydrogens (tertiary/aromatic N) is 3. The molecule has 3 aliphatic heterocycles. The number of methoxy groups -OCH3 is 1. The molecule has 2 aromatic carbocycles. The lowest BCUT2D eigenvalue weighted by Gasteiger charge is -2.55. The van der Waals surface area contributed by atoms with E-state index in [-0.39, 0.29) is 23.2 Å². The lowest BCUT2D eigenvalue weighted by molar-refractivity contribution is -0.139. The fourth-order valence-electron chi connectivity index (χ4n) is 7.33. The number of benzene rings is 2. The average molecular weight is 541 g/mol. The summed E-state index contributed by atoms with van der Waals surface area (Å²) in [6.07, 6.45) is 5.18. The van der Waals surface area contributed by atoms with Crippen molar-refractivity contribution in [2.45, 2.75) is 44.6 Å². The van der Waals surface area contributed by atoms with E-state index in [2.05, 4.69) is 15.1 Å². The zero-order valence-electron chi connectivity index (χ0n) is 22.6. The second kappa shape index (κ2) is 10.6. The minimum Gasteiger partial charge on any atom is -0.506 e. The Balaban J connectivity index is 1.27. The third-order valence-electron chi connectivity index (χ3n) is 9.39. The van der Waals surface area contributed by atoms with E-state index >= 15 is 4.39 Å². The lowest BCUT2D eigenvalue weighted by Crippen LogP contribution is -2.62. The summed E-state index contributed by atoms with van der Waals surface area (Å²) in [7, 11) is 1.56. The third kappa shape index (κ3) is 4.63. The molecule has 210 valence electrons. The van der Waals surface area contributed by atoms with Crippen molar-refractivity contribution in [1.29, 1.82) is 0 Å². The average Bonchev–Trinajstić information content (AvgIpc) is 3.47. The van der Waals surface area contributed by atoms with E-state index in [0.717, 1.165) is 77.6 Å². The highest BCUT2D eigenvalue weighted by Crippen LogP contribution is 2.62. The van der Waals surface area contributed by atoms with Crippen LogP contribution in [0, 0.1) is 23.0 Å². The summed E-state index contributed by atoms with van der Waals surface area (Å²) in [6, 6.07) is 6.30. The van der Waals surface area contributed by atoms with Crippen LogP contribution in [0.15, 0.2) is 30.3 Å². The fraction of sp³-hybridized carbons (Fsp3) is 0.567. The standard InChI is InChI=1S/C30H38F2N4O3/c1-39-27-18-24(35-12-6-20(7-13-35)19-34-14-10-33-11-15-34)23(32)17-22(27)28-30(8-2-3-9-30)29(38)36(28)25-16-21(31)4-5-26(25)37/h4-5,16-18,20,28,33,37H,2-3,6-15,19H2,1H3/t28-/m0/s1. The number of anilines is 2. The molecule has 1 atom stereocenters. The maximum absolute atomic E-state index is 15.9. The van der Waals surface area contributed by atoms with Gasteiger partial charge in [-0.2, -0.15) is 0 Å². The SMILES string of the molecule is COc1cc(N2CCC(CN3CCNCC3)CC2)c(F)cc1[C@@H]1N(c2cc(F)ccc2O)C(=O)C12CCCC2. The highest BCUT2D eigenvalue weighted by Gasteiger charge is 2.63. The maximum atomic E-state index is 15.9. The van der Waals surface area contributed by atoms with Crippen LogP contribution in [-0.4, -0.2) is 68.8 Å². The molecule has 1 spiro atoms. The van der Waals surface area contributed by atoms with E-state index in [1.165, 1.54) is 23.1 Å². The van der Waals surface area contributed by atoms with Crippen LogP contribution in [0.1, 0.15) is 50.1 Å². The van der Waals surface area contributed by atoms with Gasteiger partial charge in [0.05, 0.1) is 29.9 Å². The van der Waals surface area contributed by atoms with Gasteiger partial charge in [-0.3, -0.25) is 9.69 Å². The van der Waals surface area contributed by atoms with Crippen molar-refractivity contribution in [2.75, 3.05) is 62.7 Å². The van der Waals surface area contributed by atoms with E-state index in [9.17, 15) is 14.3 Å². The molecule has 6 rings (SSSR count). The Hall–Kier alpha value is -2.91. The van der Waals surface area contributed by atoms with Crippen molar-refractivity contribution in [3.05, 3.63) is 47.5 Å². The highest BCUT2D eigenvalue weighted by atomic mass is 19.1. The van der Waals surface area contributed by atoms with Gasteiger partial charge in [-0.05, 0) is 49.8 Å². The van der Waals surface area contributed by atoms with E-state index in [1.807, 2.05) is 0 Å². The molecule has 3 saturated heterocycles. The van der Waals surface area contributed by atoms with E-state index in [1.54, 1.807) is 13.2 Å². The van der Waals surface area contributed by atoms with Crippen molar-refractivity contribution in [3.8, 4) is 11.5 Å². The van der Waals surface area contributed by atoms with E-state index in [4.69, 9.17) is 4.74 Å². The largest absolute Gasteiger partial charge is 0.506 e. The van der Waals surface area contributed by atoms with E-state index < -0.39 is 17.3 Å². The van der Waals surface area contributed by atoms with Crippen LogP contribution in [-0.2, 0) is 4.79 Å². The number of nitrogens with one attached hydrogen (secondary N) is 1. The Bertz CT molecular complexity index is 1220. The Morgan fingerprint density at radius 3 is 2.44 bits per heavy atom. The molecule has 1 aliphatic carbocycles. The molecule has 0 radical (unpaired) electrons. The minimum atomic E-state index is -0.692. The second-order valence-corrected chi connectivity index (χ2v) is 11.6. The molecular weight excluding hydrogens is 502 g/mol. The number of aromatic hydroxyl groups is 1. The Kier molecular flexibility index (Phi) is 7.14. The molecule has 9 heteroatoms. The first-order chi connectivity index (χ1) is 18.9. The summed E-state index contributed by atoms with van der Waals surface area (Å²) in [5, 5.41) is 13.9. The van der Waals surface area contributed by atoms with Gasteiger partial charge in [0.1, 0.15) is 23.1 Å². The summed E-state index contributed by atoms with van der Waals surface area (Å²) >= 11 is 0. The molecule has 4 fully saturated rings. The van der Waals surface area contributed by atoms with Gasteiger partial charge in [0.15, 0.2) is 0 Å². The van der Waals surface area contributed by atoms with Crippen molar-refractivity contribution >= 4 is 17.3 Å². The molecule has 3 heterocycles. The number of carbonyl (C=O) groups excluding carboxylic acids is 1. The van der Waals surface area contributed by atoms with Crippen LogP contribution < -0.4 is 19.9 Å². The van der Waals surface area contributed by atoms with Crippen LogP contribution >= 0.6 is 0 Å². The topological polar surface area (TPSA) is 68.3 Å². The van der Waals surface area contributed by atoms with Crippen LogP contribution in [0.2, 0.25) is 0 Å². The number of piperazine rings is 1. The van der Waals surface area contributed by atoms with Gasteiger partial charge in [-0.1, -0.05) is 12.8 Å². The summed E-state index contributed by atoms with van der Waals surface area (Å²) in [6.45, 7) is 6.92. The zero-order chi connectivity index (χ0) is 27.1. The molecule has 0 unspecified atom stereocenters. The number of amides is 1. The quantitative estimate of drug-likeness (QED) is 0.528. The zero-order valence-corrected chi connectivity index (χ0v) is 22.6. The molecule has 0 bridgehead atoms. The number of phenols is 1. The smallest absolute Gasteiger partial charge is 0.236 e. The predicted molar refractivity (Wildman–Crippen MR) is 146 cm³/mol. The summed E-state index contributed by atoms with van der Waals surface area (Å²) < 4.78 is 35.8. The molecule has 7 nitrogen and oxygen atoms in total. The van der Waals surface area contributed by atoms with Crippen molar-refractivity contribution in [3.63, 3.8) is 0 Å². The first-order valence-electron chi connectivity index (χ1n) is 14.3. The normalized spacial score (nSPS) is 23.9. The first-order valence-corrected chi connectivity index (χ1v) is 14.3. The molecule has 2 N–H and O–H groups in total. The van der Waals surface area contributed by atoms with Crippen LogP contribution in [0.25, 0.3) is 0 Å². The molecule has 1 amide bonds. The van der Waals surface area contributed by atoms with Gasteiger partial charge in [-0.25, -0.2) is 8.78 Å². The number of piperidine rings is 1. The number of phenolic OH excluding ortho intramolecular Hbond substituents is 1. The van der Waals surface area contributed by atoms with Crippen LogP contribution in [0.4, 0.5) is 20.2 Å². The first kappa shape index (κ1) is 26.3. The number of ether oxygens (including phenoxy) is 1. The van der Waals surface area contributed by atoms with Crippen molar-refractivity contribution in [2.24, 2.45) is 11.3 Å². The Morgan fingerprint density at radius 2 is 1.74 bits per heavy atom. The summed E-state index contributed by atoms with van der Waals surface area (Å²) in [5.74, 6) is -0.0949. The monoisotopic (exact) mass is 540 g/mol. The van der Waals surface area contributed by atoms with Gasteiger partial charge >= 0.3 is 0 Å². The predicted octanol–water partition coefficient (Wildman–Crippen LogP) is 4.45. The number of β-lactam (4-membered cyclic amide) rings is 1. The van der Waals surface area contributed by atoms with Crippen LogP contribution in [0.5, 0.6) is 11.5 Å². The van der Waals surface area contributed by atoms with Crippen molar-refractivity contribution < 1.29 is 23.4 Å². The highest BCUT2D eigenvalue weighted by molar-refractivity contribution is 6.07. The fourth-order valence-corrected chi connectivity index (χ4v) is 7.33. The number of hydrogen-bond donors (Lipinski definition) is 2. The maximum Gasteiger partial charge on any atom is 0.236 e. The molecular formula is C30H38F2N4O3. The molecule has 39 heavy (non-hydrogen) atoms. The van der Waals surface area contributed by atoms with Gasteiger partial charge in [-0.15, -0.1) is 0 Å². The van der Waals surface area contributed by atoms with Gasteiger partial charge in [0, 0.05) is 63.5 Å². The van der Waals surface area contributed by atoms with Crippen LogP contribution in [0.3, 0.4) is 0 Å². The summed E-state index contributed by atoms with van der Waals surface area (Å²) in [4.78, 5) is 19.6. The number of halogens is 2. The van der Waals surface area contributed by atoms with Gasteiger partial charge in [0.2, 0.25) is 5.91 Å². The lowest BCUT2D eigenvalue weighted by atomic mass is 9.66. The second-order valence-electron chi connectivity index (χ2n) is 11.6. The number of rotatable bonds is 6. The molecule has 2 aromatic rings. The Morgan fingerprint density at radius 1 is 1.03 bits per heavy atom. The van der Waals surface area contributed by atoms with Gasteiger partial charge in [0.25, 0.3) is 0 Å². The van der Waals surface area contributed by atoms with Crippen molar-refractivity contribution in [1.82, 2.24) is 10.2 Å².